The summed E-state index contributed by atoms with van der Waals surface area (Å²) < 4.78 is 1.75. The fourth-order valence-corrected chi connectivity index (χ4v) is 3.49. The molecule has 1 aromatic carbocycles. The molecule has 0 aliphatic rings. The zero-order valence-electron chi connectivity index (χ0n) is 13.4. The van der Waals surface area contributed by atoms with E-state index in [9.17, 15) is 5.11 Å². The predicted octanol–water partition coefficient (Wildman–Crippen LogP) is 4.12. The fourth-order valence-electron chi connectivity index (χ4n) is 2.34. The number of nitrogens with one attached hydrogen (secondary N) is 1. The average Bonchev–Trinajstić information content (AvgIpc) is 3.12. The lowest BCUT2D eigenvalue weighted by molar-refractivity contribution is -0.578. The standard InChI is InChI=1S/C19H15ClN2OS2/c1-13-6-4-10-22(12-13)17(18(23)16-9-5-11-25-16)19(24)21-15-8-3-2-7-14(15)20/h2-12H,1H3,(H-,21,23,24). The summed E-state index contributed by atoms with van der Waals surface area (Å²) in [5.41, 5.74) is 2.08. The van der Waals surface area contributed by atoms with Gasteiger partial charge in [-0.25, -0.2) is 0 Å². The predicted molar refractivity (Wildman–Crippen MR) is 106 cm³/mol. The van der Waals surface area contributed by atoms with Crippen molar-refractivity contribution in [2.75, 3.05) is 5.32 Å². The van der Waals surface area contributed by atoms with Crippen molar-refractivity contribution in [3.05, 3.63) is 81.8 Å². The van der Waals surface area contributed by atoms with Crippen molar-refractivity contribution in [3.63, 3.8) is 0 Å². The number of thiophene rings is 1. The highest BCUT2D eigenvalue weighted by Gasteiger charge is 2.20. The van der Waals surface area contributed by atoms with E-state index in [4.69, 9.17) is 23.8 Å². The summed E-state index contributed by atoms with van der Waals surface area (Å²) in [5.74, 6) is -0.129. The van der Waals surface area contributed by atoms with Gasteiger partial charge in [-0.2, -0.15) is 4.57 Å². The first-order valence-corrected chi connectivity index (χ1v) is 9.22. The van der Waals surface area contributed by atoms with E-state index in [0.29, 0.717) is 26.3 Å². The Morgan fingerprint density at radius 3 is 2.64 bits per heavy atom. The molecular weight excluding hydrogens is 372 g/mol. The van der Waals surface area contributed by atoms with Gasteiger partial charge in [0.1, 0.15) is 0 Å². The molecule has 0 fully saturated rings. The van der Waals surface area contributed by atoms with Crippen molar-refractivity contribution in [3.8, 4) is 0 Å². The molecule has 2 aromatic heterocycles. The van der Waals surface area contributed by atoms with E-state index in [1.165, 1.54) is 11.3 Å². The summed E-state index contributed by atoms with van der Waals surface area (Å²) in [6.45, 7) is 1.97. The highest BCUT2D eigenvalue weighted by atomic mass is 35.5. The molecule has 0 radical (unpaired) electrons. The number of benzene rings is 1. The van der Waals surface area contributed by atoms with E-state index in [0.717, 1.165) is 5.56 Å². The van der Waals surface area contributed by atoms with Crippen molar-refractivity contribution in [1.29, 1.82) is 0 Å². The third-order valence-electron chi connectivity index (χ3n) is 3.50. The number of aryl methyl sites for hydroxylation is 1. The van der Waals surface area contributed by atoms with E-state index < -0.39 is 0 Å². The van der Waals surface area contributed by atoms with E-state index in [-0.39, 0.29) is 5.76 Å². The normalized spacial score (nSPS) is 11.8. The van der Waals surface area contributed by atoms with Crippen molar-refractivity contribution >= 4 is 57.3 Å². The van der Waals surface area contributed by atoms with Crippen LogP contribution in [0.2, 0.25) is 5.02 Å². The summed E-state index contributed by atoms with van der Waals surface area (Å²) in [6.07, 6.45) is 3.69. The number of nitrogens with zero attached hydrogens (tertiary/aromatic N) is 1. The van der Waals surface area contributed by atoms with Crippen LogP contribution in [0.3, 0.4) is 0 Å². The van der Waals surface area contributed by atoms with Gasteiger partial charge in [0, 0.05) is 16.5 Å². The van der Waals surface area contributed by atoms with Gasteiger partial charge in [-0.1, -0.05) is 42.0 Å². The molecule has 2 heterocycles. The Kier molecular flexibility index (Phi) is 5.48. The number of para-hydroxylation sites is 1. The van der Waals surface area contributed by atoms with Crippen LogP contribution in [0.25, 0.3) is 11.5 Å². The van der Waals surface area contributed by atoms with Gasteiger partial charge in [-0.15, -0.1) is 11.3 Å². The van der Waals surface area contributed by atoms with Crippen LogP contribution in [0.1, 0.15) is 10.4 Å². The molecule has 6 heteroatoms. The zero-order valence-corrected chi connectivity index (χ0v) is 15.8. The number of anilines is 1. The second-order valence-corrected chi connectivity index (χ2v) is 7.14. The minimum absolute atomic E-state index is 0.129. The van der Waals surface area contributed by atoms with E-state index in [2.05, 4.69) is 5.32 Å². The van der Waals surface area contributed by atoms with Crippen LogP contribution in [-0.4, -0.2) is 4.99 Å². The molecule has 0 atom stereocenters. The van der Waals surface area contributed by atoms with E-state index in [1.807, 2.05) is 61.1 Å². The molecule has 3 rings (SSSR count). The van der Waals surface area contributed by atoms with Gasteiger partial charge in [0.25, 0.3) is 0 Å². The van der Waals surface area contributed by atoms with Gasteiger partial charge in [0.05, 0.1) is 10.7 Å². The molecule has 0 spiro atoms. The molecule has 0 bridgehead atoms. The van der Waals surface area contributed by atoms with Gasteiger partial charge in [0.2, 0.25) is 5.70 Å². The molecule has 0 unspecified atom stereocenters. The van der Waals surface area contributed by atoms with Crippen molar-refractivity contribution in [1.82, 2.24) is 0 Å². The van der Waals surface area contributed by atoms with E-state index in [1.54, 1.807) is 16.7 Å². The maximum Gasteiger partial charge on any atom is 0.239 e. The summed E-state index contributed by atoms with van der Waals surface area (Å²) in [6, 6.07) is 14.8. The van der Waals surface area contributed by atoms with Crippen molar-refractivity contribution in [2.45, 2.75) is 6.92 Å². The molecule has 126 valence electrons. The van der Waals surface area contributed by atoms with Crippen LogP contribution < -0.4 is 15.0 Å². The largest absolute Gasteiger partial charge is 0.867 e. The first-order chi connectivity index (χ1) is 12.1. The first kappa shape index (κ1) is 17.6. The smallest absolute Gasteiger partial charge is 0.239 e. The Balaban J connectivity index is 2.07. The molecule has 3 aromatic rings. The number of thiocarbonyl (C=S) groups is 1. The number of hydrogen-bond acceptors (Lipinski definition) is 3. The molecule has 1 N–H and O–H groups in total. The quantitative estimate of drug-likeness (QED) is 0.317. The molecule has 0 amide bonds. The highest BCUT2D eigenvalue weighted by molar-refractivity contribution is 7.81. The van der Waals surface area contributed by atoms with Gasteiger partial charge < -0.3 is 10.4 Å². The van der Waals surface area contributed by atoms with Crippen LogP contribution in [0.5, 0.6) is 0 Å². The van der Waals surface area contributed by atoms with Gasteiger partial charge in [-0.3, -0.25) is 0 Å². The number of hydrogen-bond donors (Lipinski definition) is 1. The third-order valence-corrected chi connectivity index (χ3v) is 5.00. The Morgan fingerprint density at radius 1 is 1.16 bits per heavy atom. The number of halogens is 1. The number of pyridine rings is 1. The SMILES string of the molecule is Cc1ccc[n+](C(C(=S)Nc2ccccc2Cl)=C([O-])c2cccs2)c1. The molecular formula is C19H15ClN2OS2. The van der Waals surface area contributed by atoms with Gasteiger partial charge in [0.15, 0.2) is 17.4 Å². The second-order valence-electron chi connectivity index (χ2n) is 5.38. The van der Waals surface area contributed by atoms with Crippen LogP contribution in [0.4, 0.5) is 5.69 Å². The van der Waals surface area contributed by atoms with E-state index >= 15 is 0 Å². The third kappa shape index (κ3) is 4.07. The minimum atomic E-state index is -0.129. The highest BCUT2D eigenvalue weighted by Crippen LogP contribution is 2.24. The van der Waals surface area contributed by atoms with Gasteiger partial charge >= 0.3 is 0 Å². The number of rotatable bonds is 4. The lowest BCUT2D eigenvalue weighted by Gasteiger charge is -2.16. The molecule has 0 saturated heterocycles. The Morgan fingerprint density at radius 2 is 1.96 bits per heavy atom. The molecule has 0 saturated carbocycles. The molecule has 0 aliphatic heterocycles. The second kappa shape index (κ2) is 7.78. The average molecular weight is 387 g/mol. The molecule has 0 aliphatic carbocycles. The molecule has 25 heavy (non-hydrogen) atoms. The first-order valence-electron chi connectivity index (χ1n) is 7.55. The summed E-state index contributed by atoms with van der Waals surface area (Å²) in [4.78, 5) is 0.953. The van der Waals surface area contributed by atoms with Crippen molar-refractivity contribution < 1.29 is 9.67 Å². The molecule has 3 nitrogen and oxygen atoms in total. The maximum absolute atomic E-state index is 13.0. The Bertz CT molecular complexity index is 936. The Hall–Kier alpha value is -2.21. The topological polar surface area (TPSA) is 39.0 Å². The van der Waals surface area contributed by atoms with Crippen LogP contribution >= 0.6 is 35.2 Å². The zero-order chi connectivity index (χ0) is 17.8. The lowest BCUT2D eigenvalue weighted by atomic mass is 10.2. The van der Waals surface area contributed by atoms with Crippen molar-refractivity contribution in [2.24, 2.45) is 0 Å². The Labute approximate surface area is 160 Å². The minimum Gasteiger partial charge on any atom is -0.867 e. The maximum atomic E-state index is 13.0. The summed E-state index contributed by atoms with van der Waals surface area (Å²) in [5, 5.41) is 18.5. The monoisotopic (exact) mass is 386 g/mol. The fraction of sp³-hybridized carbons (Fsp3) is 0.0526. The van der Waals surface area contributed by atoms with Gasteiger partial charge in [-0.05, 0) is 42.3 Å². The summed E-state index contributed by atoms with van der Waals surface area (Å²) in [7, 11) is 0. The lowest BCUT2D eigenvalue weighted by Crippen LogP contribution is -2.40. The summed E-state index contributed by atoms with van der Waals surface area (Å²) >= 11 is 13.1. The van der Waals surface area contributed by atoms with Crippen LogP contribution in [0.15, 0.2) is 66.3 Å². The van der Waals surface area contributed by atoms with Crippen LogP contribution in [0, 0.1) is 6.92 Å². The van der Waals surface area contributed by atoms with Crippen LogP contribution in [-0.2, 0) is 0 Å². The number of aromatic nitrogens is 1.